The third-order valence-corrected chi connectivity index (χ3v) is 12.9. The molecule has 4 heteroatoms. The third-order valence-electron chi connectivity index (χ3n) is 12.9. The number of benzene rings is 10. The Hall–Kier alpha value is -8.60. The van der Waals surface area contributed by atoms with Crippen LogP contribution in [-0.2, 0) is 0 Å². The first-order chi connectivity index (χ1) is 31.7. The van der Waals surface area contributed by atoms with E-state index in [1.165, 1.54) is 66.0 Å². The molecule has 0 aliphatic rings. The number of para-hydroxylation sites is 2. The molecule has 0 N–H and O–H groups in total. The van der Waals surface area contributed by atoms with Gasteiger partial charge in [-0.3, -0.25) is 4.57 Å². The maximum atomic E-state index is 5.38. The van der Waals surface area contributed by atoms with Gasteiger partial charge in [-0.1, -0.05) is 182 Å². The highest BCUT2D eigenvalue weighted by Gasteiger charge is 2.21. The van der Waals surface area contributed by atoms with E-state index < -0.39 is 0 Å². The predicted octanol–water partition coefficient (Wildman–Crippen LogP) is 15.6. The maximum absolute atomic E-state index is 5.38. The largest absolute Gasteiger partial charge is 0.309 e. The summed E-state index contributed by atoms with van der Waals surface area (Å²) in [5, 5.41) is 7.40. The van der Waals surface area contributed by atoms with Crippen molar-refractivity contribution in [3.05, 3.63) is 231 Å². The Balaban J connectivity index is 0.985. The van der Waals surface area contributed by atoms with E-state index in [-0.39, 0.29) is 0 Å². The predicted molar refractivity (Wildman–Crippen MR) is 267 cm³/mol. The molecule has 0 spiro atoms. The van der Waals surface area contributed by atoms with Gasteiger partial charge in [-0.25, -0.2) is 9.97 Å². The second-order valence-corrected chi connectivity index (χ2v) is 16.6. The number of nitrogens with zero attached hydrogens (tertiary/aromatic N) is 4. The van der Waals surface area contributed by atoms with E-state index in [0.717, 1.165) is 50.0 Å². The van der Waals surface area contributed by atoms with Crippen LogP contribution in [0.1, 0.15) is 0 Å². The average Bonchev–Trinajstić information content (AvgIpc) is 3.90. The minimum atomic E-state index is 0.631. The van der Waals surface area contributed by atoms with Gasteiger partial charge < -0.3 is 4.57 Å². The molecule has 3 aromatic heterocycles. The SMILES string of the molecule is c1ccc(-c2ccc(-c3cc(-c4ccc(-c5ccccc5)cc4)nc(-n4c5ccccc5c5cc(-c6ccc7c8c6ccc6cccc(c68)n7-c6ccccc6)ccc54)n3)cc2)cc1. The van der Waals surface area contributed by atoms with Gasteiger partial charge in [0.05, 0.1) is 33.5 Å². The van der Waals surface area contributed by atoms with Crippen molar-refractivity contribution < 1.29 is 0 Å². The normalized spacial score (nSPS) is 11.8. The molecular weight excluding hydrogens is 777 g/mol. The van der Waals surface area contributed by atoms with Crippen molar-refractivity contribution >= 4 is 54.4 Å². The van der Waals surface area contributed by atoms with Crippen LogP contribution < -0.4 is 0 Å². The van der Waals surface area contributed by atoms with E-state index in [1.807, 2.05) is 0 Å². The van der Waals surface area contributed by atoms with Gasteiger partial charge in [0, 0.05) is 38.4 Å². The smallest absolute Gasteiger partial charge is 0.235 e. The second-order valence-electron chi connectivity index (χ2n) is 16.6. The van der Waals surface area contributed by atoms with Crippen molar-refractivity contribution in [2.45, 2.75) is 0 Å². The maximum Gasteiger partial charge on any atom is 0.235 e. The van der Waals surface area contributed by atoms with E-state index in [2.05, 4.69) is 240 Å². The molecule has 0 bridgehead atoms. The standard InChI is InChI=1S/C60H38N4/c1-4-13-39(14-5-1)41-23-27-43(28-24-41)52-38-53(44-29-25-42(26-30-44)40-15-6-2-7-16-40)62-60(61-52)64-54-21-11-10-20-49(54)51-37-46(32-35-55(51)64)48-34-36-57-59-50(48)33-31-45-17-12-22-56(58(45)59)63(57)47-18-8-3-9-19-47/h1-38H. The van der Waals surface area contributed by atoms with Gasteiger partial charge in [-0.05, 0) is 92.7 Å². The Bertz CT molecular complexity index is 3750. The summed E-state index contributed by atoms with van der Waals surface area (Å²) in [6, 6.07) is 82.6. The van der Waals surface area contributed by atoms with Crippen LogP contribution in [0.2, 0.25) is 0 Å². The fourth-order valence-electron chi connectivity index (χ4n) is 9.91. The van der Waals surface area contributed by atoms with Crippen LogP contribution in [0.25, 0.3) is 122 Å². The summed E-state index contributed by atoms with van der Waals surface area (Å²) in [6.07, 6.45) is 0. The summed E-state index contributed by atoms with van der Waals surface area (Å²) in [5.41, 5.74) is 16.6. The molecule has 0 atom stereocenters. The van der Waals surface area contributed by atoms with Crippen LogP contribution >= 0.6 is 0 Å². The first-order valence-electron chi connectivity index (χ1n) is 21.8. The lowest BCUT2D eigenvalue weighted by atomic mass is 9.94. The van der Waals surface area contributed by atoms with Gasteiger partial charge in [0.15, 0.2) is 0 Å². The van der Waals surface area contributed by atoms with Gasteiger partial charge in [0.25, 0.3) is 0 Å². The van der Waals surface area contributed by atoms with E-state index in [4.69, 9.17) is 9.97 Å². The van der Waals surface area contributed by atoms with Crippen molar-refractivity contribution in [3.63, 3.8) is 0 Å². The van der Waals surface area contributed by atoms with Crippen molar-refractivity contribution in [3.8, 4) is 67.5 Å². The average molecular weight is 815 g/mol. The summed E-state index contributed by atoms with van der Waals surface area (Å²) < 4.78 is 4.65. The lowest BCUT2D eigenvalue weighted by molar-refractivity contribution is 0.995. The Morgan fingerprint density at radius 1 is 0.281 bits per heavy atom. The number of fused-ring (bicyclic) bond motifs is 3. The second kappa shape index (κ2) is 14.5. The Morgan fingerprint density at radius 3 is 1.47 bits per heavy atom. The van der Waals surface area contributed by atoms with Crippen LogP contribution in [0, 0.1) is 0 Å². The number of hydrogen-bond acceptors (Lipinski definition) is 2. The number of rotatable bonds is 7. The van der Waals surface area contributed by atoms with E-state index in [0.29, 0.717) is 5.95 Å². The fraction of sp³-hybridized carbons (Fsp3) is 0. The van der Waals surface area contributed by atoms with E-state index in [1.54, 1.807) is 0 Å². The van der Waals surface area contributed by atoms with Crippen molar-refractivity contribution in [1.29, 1.82) is 0 Å². The highest BCUT2D eigenvalue weighted by molar-refractivity contribution is 6.27. The monoisotopic (exact) mass is 814 g/mol. The number of hydrogen-bond donors (Lipinski definition) is 0. The van der Waals surface area contributed by atoms with Crippen LogP contribution in [0.15, 0.2) is 231 Å². The van der Waals surface area contributed by atoms with Crippen molar-refractivity contribution in [1.82, 2.24) is 19.1 Å². The van der Waals surface area contributed by atoms with Gasteiger partial charge in [0.2, 0.25) is 5.95 Å². The molecule has 0 aliphatic carbocycles. The molecule has 64 heavy (non-hydrogen) atoms. The quantitative estimate of drug-likeness (QED) is 0.150. The molecule has 3 heterocycles. The molecule has 0 fully saturated rings. The summed E-state index contributed by atoms with van der Waals surface area (Å²) in [6.45, 7) is 0. The zero-order chi connectivity index (χ0) is 42.1. The first-order valence-corrected chi connectivity index (χ1v) is 21.8. The minimum Gasteiger partial charge on any atom is -0.309 e. The molecule has 0 saturated heterocycles. The summed E-state index contributed by atoms with van der Waals surface area (Å²) in [4.78, 5) is 10.8. The Kier molecular flexibility index (Phi) is 8.18. The molecule has 13 rings (SSSR count). The molecule has 0 aliphatic heterocycles. The lowest BCUT2D eigenvalue weighted by Crippen LogP contribution is -2.04. The molecule has 13 aromatic rings. The molecule has 0 radical (unpaired) electrons. The topological polar surface area (TPSA) is 35.6 Å². The summed E-state index contributed by atoms with van der Waals surface area (Å²) >= 11 is 0. The first kappa shape index (κ1) is 36.1. The van der Waals surface area contributed by atoms with Crippen molar-refractivity contribution in [2.24, 2.45) is 0 Å². The zero-order valence-electron chi connectivity index (χ0n) is 34.7. The molecule has 10 aromatic carbocycles. The van der Waals surface area contributed by atoms with Crippen LogP contribution in [0.5, 0.6) is 0 Å². The summed E-state index contributed by atoms with van der Waals surface area (Å²) in [7, 11) is 0. The molecule has 298 valence electrons. The Labute approximate surface area is 369 Å². The van der Waals surface area contributed by atoms with Crippen molar-refractivity contribution in [2.75, 3.05) is 0 Å². The van der Waals surface area contributed by atoms with Crippen LogP contribution in [-0.4, -0.2) is 19.1 Å². The van der Waals surface area contributed by atoms with Gasteiger partial charge in [-0.15, -0.1) is 0 Å². The fourth-order valence-corrected chi connectivity index (χ4v) is 9.91. The van der Waals surface area contributed by atoms with Gasteiger partial charge in [0.1, 0.15) is 0 Å². The van der Waals surface area contributed by atoms with Crippen LogP contribution in [0.3, 0.4) is 0 Å². The van der Waals surface area contributed by atoms with E-state index >= 15 is 0 Å². The molecule has 4 nitrogen and oxygen atoms in total. The van der Waals surface area contributed by atoms with Gasteiger partial charge >= 0.3 is 0 Å². The summed E-state index contributed by atoms with van der Waals surface area (Å²) in [5.74, 6) is 0.631. The van der Waals surface area contributed by atoms with Gasteiger partial charge in [-0.2, -0.15) is 0 Å². The third kappa shape index (κ3) is 5.77. The molecule has 0 saturated carbocycles. The van der Waals surface area contributed by atoms with E-state index in [9.17, 15) is 0 Å². The molecule has 0 unspecified atom stereocenters. The highest BCUT2D eigenvalue weighted by atomic mass is 15.2. The molecule has 0 amide bonds. The zero-order valence-corrected chi connectivity index (χ0v) is 34.7. The highest BCUT2D eigenvalue weighted by Crippen LogP contribution is 2.44. The Morgan fingerprint density at radius 2 is 0.797 bits per heavy atom. The lowest BCUT2D eigenvalue weighted by Gasteiger charge is -2.13. The number of aromatic nitrogens is 4. The minimum absolute atomic E-state index is 0.631. The van der Waals surface area contributed by atoms with Crippen LogP contribution in [0.4, 0.5) is 0 Å². The molecular formula is C60H38N4.